The van der Waals surface area contributed by atoms with Crippen LogP contribution in [0.5, 0.6) is 11.5 Å². The van der Waals surface area contributed by atoms with E-state index in [1.54, 1.807) is 53.9 Å². The lowest BCUT2D eigenvalue weighted by Crippen LogP contribution is -2.54. The number of methoxy groups -OCH3 is 1. The van der Waals surface area contributed by atoms with Gasteiger partial charge in [-0.25, -0.2) is 9.69 Å². The van der Waals surface area contributed by atoms with Crippen LogP contribution < -0.4 is 19.3 Å². The molecule has 2 unspecified atom stereocenters. The summed E-state index contributed by atoms with van der Waals surface area (Å²) in [4.78, 5) is 27.1. The first-order chi connectivity index (χ1) is 18.9. The van der Waals surface area contributed by atoms with Crippen LogP contribution in [0.15, 0.2) is 78.9 Å². The Morgan fingerprint density at radius 3 is 2.10 bits per heavy atom. The Morgan fingerprint density at radius 2 is 1.56 bits per heavy atom. The Labute approximate surface area is 229 Å². The van der Waals surface area contributed by atoms with Crippen LogP contribution >= 0.6 is 0 Å². The maximum atomic E-state index is 12.8. The fourth-order valence-corrected chi connectivity index (χ4v) is 5.49. The predicted molar refractivity (Wildman–Crippen MR) is 147 cm³/mol. The molecule has 206 valence electrons. The van der Waals surface area contributed by atoms with Crippen molar-refractivity contribution in [3.63, 3.8) is 0 Å². The number of benzene rings is 3. The van der Waals surface area contributed by atoms with E-state index in [4.69, 9.17) is 9.47 Å². The average Bonchev–Trinajstić information content (AvgIpc) is 2.99. The van der Waals surface area contributed by atoms with Crippen molar-refractivity contribution < 1.29 is 33.0 Å². The molecule has 0 spiro atoms. The van der Waals surface area contributed by atoms with Gasteiger partial charge >= 0.3 is 0 Å². The van der Waals surface area contributed by atoms with E-state index >= 15 is 0 Å². The van der Waals surface area contributed by atoms with Gasteiger partial charge in [0.1, 0.15) is 17.5 Å². The highest BCUT2D eigenvalue weighted by atomic mass is 32.2. The van der Waals surface area contributed by atoms with Crippen LogP contribution in [0.1, 0.15) is 12.8 Å². The molecule has 3 N–H and O–H groups in total. The molecule has 2 atom stereocenters. The lowest BCUT2D eigenvalue weighted by Gasteiger charge is -2.39. The molecule has 4 rings (SSSR count). The summed E-state index contributed by atoms with van der Waals surface area (Å²) in [5, 5.41) is 9.47. The number of carbonyl (C=O) groups excluding carboxylic acids is 2. The lowest BCUT2D eigenvalue weighted by molar-refractivity contribution is -0.135. The van der Waals surface area contributed by atoms with Crippen molar-refractivity contribution in [3.8, 4) is 22.6 Å². The predicted octanol–water partition coefficient (Wildman–Crippen LogP) is 3.50. The molecule has 0 radical (unpaired) electrons. The van der Waals surface area contributed by atoms with E-state index in [0.717, 1.165) is 21.2 Å². The molecule has 3 aromatic rings. The zero-order valence-electron chi connectivity index (χ0n) is 21.4. The third-order valence-electron chi connectivity index (χ3n) is 6.79. The molecule has 1 aliphatic rings. The summed E-state index contributed by atoms with van der Waals surface area (Å²) in [6.07, 6.45) is 0.791. The highest BCUT2D eigenvalue weighted by Gasteiger charge is 2.39. The fraction of sp³-hybridized carbons (Fsp3) is 0.286. The van der Waals surface area contributed by atoms with Gasteiger partial charge < -0.3 is 14.4 Å². The van der Waals surface area contributed by atoms with Gasteiger partial charge in [0.25, 0.3) is 23.1 Å². The Hall–Kier alpha value is -3.93. The number of nitrogens with zero attached hydrogens (tertiary/aromatic N) is 2. The molecule has 2 amide bonds. The van der Waals surface area contributed by atoms with Gasteiger partial charge in [0.05, 0.1) is 12.8 Å². The van der Waals surface area contributed by atoms with Crippen LogP contribution in [0, 0.1) is 5.92 Å². The van der Waals surface area contributed by atoms with E-state index in [1.807, 2.05) is 42.5 Å². The number of nitrogens with one attached hydrogen (secondary N) is 1. The minimum absolute atomic E-state index is 0.109. The summed E-state index contributed by atoms with van der Waals surface area (Å²) in [5.41, 5.74) is 3.79. The Balaban J connectivity index is 1.46. The summed E-state index contributed by atoms with van der Waals surface area (Å²) >= 11 is -2.56. The maximum Gasteiger partial charge on any atom is 0.267 e. The van der Waals surface area contributed by atoms with Crippen molar-refractivity contribution >= 4 is 28.8 Å². The number of likely N-dealkylation sites (tertiary alicyclic amines) is 1. The molecule has 0 aliphatic carbocycles. The van der Waals surface area contributed by atoms with Gasteiger partial charge in [-0.3, -0.25) is 23.7 Å². The molecular formula is C28H31N3O7S. The fourth-order valence-electron chi connectivity index (χ4n) is 4.73. The van der Waals surface area contributed by atoms with E-state index in [0.29, 0.717) is 37.4 Å². The van der Waals surface area contributed by atoms with Crippen LogP contribution in [0.25, 0.3) is 11.1 Å². The summed E-state index contributed by atoms with van der Waals surface area (Å²) in [6, 6.07) is 22.3. The number of ether oxygens (including phenoxy) is 2. The Morgan fingerprint density at radius 1 is 0.974 bits per heavy atom. The molecule has 1 heterocycles. The van der Waals surface area contributed by atoms with Gasteiger partial charge in [0.2, 0.25) is 0 Å². The van der Waals surface area contributed by atoms with Crippen LogP contribution in [0.4, 0.5) is 5.69 Å². The number of amides is 2. The zero-order chi connectivity index (χ0) is 27.8. The number of hydrogen-bond acceptors (Lipinski definition) is 6. The van der Waals surface area contributed by atoms with Crippen LogP contribution in [0.2, 0.25) is 0 Å². The molecule has 3 aromatic carbocycles. The number of rotatable bonds is 10. The largest absolute Gasteiger partial charge is 0.497 e. The standard InChI is InChI=1S/C28H31N3O7S/c1-37-24-13-9-21(10-14-24)20-7-11-23(12-8-20)31(39(35)36)27(28(33)29-34)22-15-17-30(18-16-22)26(32)19-38-25-5-3-2-4-6-25/h2-14,22,27,34H,15-19H2,1H3,(H,29,33)(H,35,36). The van der Waals surface area contributed by atoms with Crippen LogP contribution in [0.3, 0.4) is 0 Å². The SMILES string of the molecule is COc1ccc(-c2ccc(N(C(C(=O)NO)C3CCN(C(=O)COc4ccccc4)CC3)S(=O)O)cc2)cc1. The topological polar surface area (TPSA) is 129 Å². The number of hydrogen-bond donors (Lipinski definition) is 3. The molecule has 0 bridgehead atoms. The number of carbonyl (C=O) groups is 2. The van der Waals surface area contributed by atoms with E-state index < -0.39 is 29.1 Å². The Bertz CT molecular complexity index is 1260. The molecule has 10 nitrogen and oxygen atoms in total. The third-order valence-corrected chi connectivity index (χ3v) is 7.56. The van der Waals surface area contributed by atoms with E-state index in [-0.39, 0.29) is 12.5 Å². The van der Waals surface area contributed by atoms with E-state index in [9.17, 15) is 23.6 Å². The molecule has 1 aliphatic heterocycles. The average molecular weight is 554 g/mol. The zero-order valence-corrected chi connectivity index (χ0v) is 22.3. The van der Waals surface area contributed by atoms with Gasteiger partial charge in [-0.2, -0.15) is 0 Å². The van der Waals surface area contributed by atoms with Crippen molar-refractivity contribution in [2.24, 2.45) is 5.92 Å². The highest BCUT2D eigenvalue weighted by molar-refractivity contribution is 7.80. The van der Waals surface area contributed by atoms with Gasteiger partial charge in [0.15, 0.2) is 6.61 Å². The van der Waals surface area contributed by atoms with Gasteiger partial charge in [-0.15, -0.1) is 0 Å². The monoisotopic (exact) mass is 553 g/mol. The number of para-hydroxylation sites is 1. The van der Waals surface area contributed by atoms with Gasteiger partial charge in [-0.1, -0.05) is 42.5 Å². The second-order valence-corrected chi connectivity index (χ2v) is 9.93. The van der Waals surface area contributed by atoms with E-state index in [2.05, 4.69) is 0 Å². The number of piperidine rings is 1. The van der Waals surface area contributed by atoms with Crippen molar-refractivity contribution in [3.05, 3.63) is 78.9 Å². The number of hydroxylamine groups is 1. The molecule has 11 heteroatoms. The molecule has 1 fully saturated rings. The summed E-state index contributed by atoms with van der Waals surface area (Å²) in [5.74, 6) is -0.0503. The van der Waals surface area contributed by atoms with Gasteiger partial charge in [-0.05, 0) is 66.3 Å². The maximum absolute atomic E-state index is 12.8. The first-order valence-electron chi connectivity index (χ1n) is 12.5. The second kappa shape index (κ2) is 13.2. The molecule has 39 heavy (non-hydrogen) atoms. The molecular weight excluding hydrogens is 522 g/mol. The number of anilines is 1. The third kappa shape index (κ3) is 6.94. The minimum atomic E-state index is -2.56. The summed E-state index contributed by atoms with van der Waals surface area (Å²) < 4.78 is 34.6. The van der Waals surface area contributed by atoms with Gasteiger partial charge in [0, 0.05) is 13.1 Å². The van der Waals surface area contributed by atoms with Crippen molar-refractivity contribution in [2.45, 2.75) is 18.9 Å². The molecule has 0 aromatic heterocycles. The first-order valence-corrected chi connectivity index (χ1v) is 13.5. The first kappa shape index (κ1) is 28.1. The highest BCUT2D eigenvalue weighted by Crippen LogP contribution is 2.31. The normalized spacial score (nSPS) is 15.2. The smallest absolute Gasteiger partial charge is 0.267 e. The molecule has 1 saturated heterocycles. The van der Waals surface area contributed by atoms with E-state index in [1.165, 1.54) is 0 Å². The van der Waals surface area contributed by atoms with Crippen molar-refractivity contribution in [1.29, 1.82) is 0 Å². The quantitative estimate of drug-likeness (QED) is 0.199. The summed E-state index contributed by atoms with van der Waals surface area (Å²) in [7, 11) is 1.59. The van der Waals surface area contributed by atoms with Crippen molar-refractivity contribution in [1.82, 2.24) is 10.4 Å². The summed E-state index contributed by atoms with van der Waals surface area (Å²) in [6.45, 7) is 0.584. The molecule has 0 saturated carbocycles. The van der Waals surface area contributed by atoms with Crippen LogP contribution in [-0.2, 0) is 20.9 Å². The Kier molecular flexibility index (Phi) is 9.53. The van der Waals surface area contributed by atoms with Crippen molar-refractivity contribution in [2.75, 3.05) is 31.1 Å². The minimum Gasteiger partial charge on any atom is -0.497 e. The second-order valence-electron chi connectivity index (χ2n) is 9.07. The lowest BCUT2D eigenvalue weighted by atomic mass is 9.88. The van der Waals surface area contributed by atoms with Crippen LogP contribution in [-0.4, -0.2) is 63.5 Å².